The molecule has 1 amide bonds. The Bertz CT molecular complexity index is 981. The van der Waals surface area contributed by atoms with Crippen LogP contribution in [0.2, 0.25) is 0 Å². The van der Waals surface area contributed by atoms with Gasteiger partial charge in [0.1, 0.15) is 5.76 Å². The molecule has 1 unspecified atom stereocenters. The van der Waals surface area contributed by atoms with E-state index in [1.807, 2.05) is 25.7 Å². The van der Waals surface area contributed by atoms with E-state index in [0.717, 1.165) is 5.56 Å². The molecule has 0 aromatic carbocycles. The molecule has 1 atom stereocenters. The maximum atomic E-state index is 13.2. The lowest BCUT2D eigenvalue weighted by Crippen LogP contribution is -2.52. The fourth-order valence-electron chi connectivity index (χ4n) is 3.31. The third kappa shape index (κ3) is 4.33. The molecule has 1 aliphatic heterocycles. The molecule has 3 aromatic rings. The number of rotatable bonds is 6. The van der Waals surface area contributed by atoms with Crippen molar-refractivity contribution < 1.29 is 13.6 Å². The Hall–Kier alpha value is -2.88. The third-order valence-corrected chi connectivity index (χ3v) is 6.37. The van der Waals surface area contributed by atoms with E-state index in [4.69, 9.17) is 8.83 Å². The highest BCUT2D eigenvalue weighted by molar-refractivity contribution is 8.00. The van der Waals surface area contributed by atoms with Crippen molar-refractivity contribution in [3.63, 3.8) is 0 Å². The normalized spacial score (nSPS) is 15.6. The summed E-state index contributed by atoms with van der Waals surface area (Å²) < 4.78 is 11.1. The van der Waals surface area contributed by atoms with Crippen LogP contribution in [0.3, 0.4) is 0 Å². The van der Waals surface area contributed by atoms with Crippen LogP contribution in [-0.2, 0) is 4.79 Å². The predicted molar refractivity (Wildman–Crippen MR) is 112 cm³/mol. The predicted octanol–water partition coefficient (Wildman–Crippen LogP) is 2.89. The second kappa shape index (κ2) is 8.86. The number of amides is 1. The minimum absolute atomic E-state index is 0.0860. The maximum absolute atomic E-state index is 13.2. The number of carbonyl (C=O) groups excluding carboxylic acids is 1. The van der Waals surface area contributed by atoms with Gasteiger partial charge in [0, 0.05) is 38.6 Å². The number of furan rings is 1. The first kappa shape index (κ1) is 20.4. The maximum Gasteiger partial charge on any atom is 0.277 e. The largest absolute Gasteiger partial charge is 0.469 e. The van der Waals surface area contributed by atoms with Crippen LogP contribution in [0.4, 0.5) is 5.95 Å². The van der Waals surface area contributed by atoms with E-state index >= 15 is 0 Å². The van der Waals surface area contributed by atoms with Gasteiger partial charge in [-0.1, -0.05) is 25.6 Å². The quantitative estimate of drug-likeness (QED) is 0.548. The zero-order valence-corrected chi connectivity index (χ0v) is 18.0. The van der Waals surface area contributed by atoms with Gasteiger partial charge in [-0.2, -0.15) is 0 Å². The fraction of sp³-hybridized carbons (Fsp3) is 0.450. The molecular weight excluding hydrogens is 404 g/mol. The van der Waals surface area contributed by atoms with Gasteiger partial charge < -0.3 is 18.6 Å². The van der Waals surface area contributed by atoms with Crippen LogP contribution in [0.25, 0.3) is 11.5 Å². The van der Waals surface area contributed by atoms with Crippen LogP contribution in [0.15, 0.2) is 44.8 Å². The first-order valence-corrected chi connectivity index (χ1v) is 10.8. The Labute approximate surface area is 178 Å². The molecule has 0 spiro atoms. The summed E-state index contributed by atoms with van der Waals surface area (Å²) in [4.78, 5) is 25.8. The van der Waals surface area contributed by atoms with E-state index in [0.29, 0.717) is 49.0 Å². The topological polar surface area (TPSA) is 101 Å². The molecule has 0 saturated carbocycles. The van der Waals surface area contributed by atoms with Crippen molar-refractivity contribution in [1.29, 1.82) is 0 Å². The SMILES string of the molecule is Cc1occc1-c1nnc(SC(C(=O)N2CCN(c3ncccn3)CC2)C(C)C)o1. The van der Waals surface area contributed by atoms with Gasteiger partial charge in [0.2, 0.25) is 11.9 Å². The molecule has 9 nitrogen and oxygen atoms in total. The van der Waals surface area contributed by atoms with Crippen LogP contribution in [0, 0.1) is 12.8 Å². The van der Waals surface area contributed by atoms with Crippen LogP contribution >= 0.6 is 11.8 Å². The molecule has 0 N–H and O–H groups in total. The summed E-state index contributed by atoms with van der Waals surface area (Å²) in [5.41, 5.74) is 0.765. The van der Waals surface area contributed by atoms with Gasteiger partial charge in [0.05, 0.1) is 17.1 Å². The van der Waals surface area contributed by atoms with Crippen molar-refractivity contribution in [2.75, 3.05) is 31.1 Å². The van der Waals surface area contributed by atoms with E-state index < -0.39 is 0 Å². The molecule has 158 valence electrons. The van der Waals surface area contributed by atoms with Crippen LogP contribution < -0.4 is 4.90 Å². The number of hydrogen-bond acceptors (Lipinski definition) is 9. The first-order valence-electron chi connectivity index (χ1n) is 9.88. The Morgan fingerprint density at radius 2 is 1.87 bits per heavy atom. The van der Waals surface area contributed by atoms with E-state index in [-0.39, 0.29) is 17.1 Å². The molecule has 3 aromatic heterocycles. The molecule has 30 heavy (non-hydrogen) atoms. The zero-order chi connectivity index (χ0) is 21.1. The van der Waals surface area contributed by atoms with Crippen molar-refractivity contribution in [2.24, 2.45) is 5.92 Å². The summed E-state index contributed by atoms with van der Waals surface area (Å²) in [6.07, 6.45) is 5.05. The number of aryl methyl sites for hydroxylation is 1. The number of nitrogens with zero attached hydrogens (tertiary/aromatic N) is 6. The summed E-state index contributed by atoms with van der Waals surface area (Å²) in [5.74, 6) is 2.02. The molecule has 0 radical (unpaired) electrons. The average molecular weight is 429 g/mol. The minimum Gasteiger partial charge on any atom is -0.469 e. The van der Waals surface area contributed by atoms with Crippen LogP contribution in [0.1, 0.15) is 19.6 Å². The number of aromatic nitrogens is 4. The van der Waals surface area contributed by atoms with Gasteiger partial charge >= 0.3 is 0 Å². The van der Waals surface area contributed by atoms with Crippen molar-refractivity contribution in [3.8, 4) is 11.5 Å². The lowest BCUT2D eigenvalue weighted by atomic mass is 10.1. The van der Waals surface area contributed by atoms with Crippen LogP contribution in [0.5, 0.6) is 0 Å². The molecule has 0 aliphatic carbocycles. The Kier molecular flexibility index (Phi) is 6.03. The summed E-state index contributed by atoms with van der Waals surface area (Å²) in [7, 11) is 0. The molecule has 10 heteroatoms. The fourth-order valence-corrected chi connectivity index (χ4v) is 4.27. The number of thioether (sulfide) groups is 1. The number of carbonyl (C=O) groups is 1. The lowest BCUT2D eigenvalue weighted by molar-refractivity contribution is -0.131. The lowest BCUT2D eigenvalue weighted by Gasteiger charge is -2.36. The summed E-state index contributed by atoms with van der Waals surface area (Å²) >= 11 is 1.32. The van der Waals surface area contributed by atoms with Gasteiger partial charge in [-0.3, -0.25) is 4.79 Å². The second-order valence-electron chi connectivity index (χ2n) is 7.41. The minimum atomic E-state index is -0.303. The molecular formula is C20H24N6O3S. The molecule has 1 saturated heterocycles. The highest BCUT2D eigenvalue weighted by atomic mass is 32.2. The van der Waals surface area contributed by atoms with E-state index in [1.165, 1.54) is 11.8 Å². The Morgan fingerprint density at radius 3 is 2.50 bits per heavy atom. The van der Waals surface area contributed by atoms with E-state index in [1.54, 1.807) is 30.8 Å². The summed E-state index contributed by atoms with van der Waals surface area (Å²) in [6.45, 7) is 8.56. The van der Waals surface area contributed by atoms with Crippen molar-refractivity contribution >= 4 is 23.6 Å². The van der Waals surface area contributed by atoms with Crippen molar-refractivity contribution in [1.82, 2.24) is 25.1 Å². The van der Waals surface area contributed by atoms with E-state index in [9.17, 15) is 4.79 Å². The van der Waals surface area contributed by atoms with Gasteiger partial charge in [0.15, 0.2) is 0 Å². The number of anilines is 1. The summed E-state index contributed by atoms with van der Waals surface area (Å²) in [5, 5.41) is 8.31. The van der Waals surface area contributed by atoms with Gasteiger partial charge in [-0.25, -0.2) is 9.97 Å². The standard InChI is InChI=1S/C20H24N6O3S/c1-13(2)16(30-20-24-23-17(29-20)15-5-12-28-14(15)3)18(27)25-8-10-26(11-9-25)19-21-6-4-7-22-19/h4-7,12-13,16H,8-11H2,1-3H3. The molecule has 4 heterocycles. The highest BCUT2D eigenvalue weighted by Gasteiger charge is 2.32. The van der Waals surface area contributed by atoms with Crippen molar-refractivity contribution in [3.05, 3.63) is 36.5 Å². The Morgan fingerprint density at radius 1 is 1.13 bits per heavy atom. The molecule has 0 bridgehead atoms. The van der Waals surface area contributed by atoms with Gasteiger partial charge in [-0.15, -0.1) is 10.2 Å². The second-order valence-corrected chi connectivity index (χ2v) is 8.50. The van der Waals surface area contributed by atoms with Gasteiger partial charge in [-0.05, 0) is 25.0 Å². The third-order valence-electron chi connectivity index (χ3n) is 5.00. The van der Waals surface area contributed by atoms with E-state index in [2.05, 4.69) is 25.1 Å². The zero-order valence-electron chi connectivity index (χ0n) is 17.2. The van der Waals surface area contributed by atoms with Gasteiger partial charge in [0.25, 0.3) is 11.1 Å². The van der Waals surface area contributed by atoms with Crippen LogP contribution in [-0.4, -0.2) is 62.4 Å². The number of hydrogen-bond donors (Lipinski definition) is 0. The number of piperazine rings is 1. The monoisotopic (exact) mass is 428 g/mol. The average Bonchev–Trinajstić information content (AvgIpc) is 3.40. The molecule has 4 rings (SSSR count). The van der Waals surface area contributed by atoms with Crippen molar-refractivity contribution in [2.45, 2.75) is 31.2 Å². The molecule has 1 fully saturated rings. The Balaban J connectivity index is 1.40. The summed E-state index contributed by atoms with van der Waals surface area (Å²) in [6, 6.07) is 3.59. The highest BCUT2D eigenvalue weighted by Crippen LogP contribution is 2.32. The molecule has 1 aliphatic rings. The smallest absolute Gasteiger partial charge is 0.277 e. The first-order chi connectivity index (χ1) is 14.5.